The van der Waals surface area contributed by atoms with Gasteiger partial charge in [-0.25, -0.2) is 0 Å². The minimum absolute atomic E-state index is 0.146. The van der Waals surface area contributed by atoms with Crippen molar-refractivity contribution in [3.8, 4) is 6.07 Å². The van der Waals surface area contributed by atoms with Crippen LogP contribution in [0, 0.1) is 11.3 Å². The fourth-order valence-electron chi connectivity index (χ4n) is 3.46. The van der Waals surface area contributed by atoms with Gasteiger partial charge < -0.3 is 4.40 Å². The van der Waals surface area contributed by atoms with Crippen LogP contribution in [-0.4, -0.2) is 4.40 Å². The van der Waals surface area contributed by atoms with E-state index in [1.807, 2.05) is 0 Å². The Hall–Kier alpha value is -1.75. The van der Waals surface area contributed by atoms with Gasteiger partial charge >= 0.3 is 0 Å². The van der Waals surface area contributed by atoms with Crippen LogP contribution in [0.4, 0.5) is 0 Å². The van der Waals surface area contributed by atoms with E-state index in [4.69, 9.17) is 0 Å². The quantitative estimate of drug-likeness (QED) is 0.683. The fraction of sp³-hybridized carbons (Fsp3) is 0.526. The van der Waals surface area contributed by atoms with Crippen LogP contribution >= 0.6 is 0 Å². The highest BCUT2D eigenvalue weighted by atomic mass is 14.9. The Bertz CT molecular complexity index is 708. The topological polar surface area (TPSA) is 28.2 Å². The van der Waals surface area contributed by atoms with Gasteiger partial charge in [-0.15, -0.1) is 0 Å². The number of fused-ring (bicyclic) bond motifs is 3. The molecule has 3 rings (SSSR count). The highest BCUT2D eigenvalue weighted by Crippen LogP contribution is 2.32. The highest BCUT2D eigenvalue weighted by molar-refractivity contribution is 5.66. The van der Waals surface area contributed by atoms with E-state index >= 15 is 0 Å². The third kappa shape index (κ3) is 2.46. The molecule has 0 spiro atoms. The minimum Gasteiger partial charge on any atom is -0.308 e. The molecule has 0 radical (unpaired) electrons. The Kier molecular flexibility index (Phi) is 3.53. The number of aromatic nitrogens is 1. The van der Waals surface area contributed by atoms with Crippen molar-refractivity contribution in [1.29, 1.82) is 5.26 Å². The van der Waals surface area contributed by atoms with Gasteiger partial charge in [-0.05, 0) is 59.9 Å². The van der Waals surface area contributed by atoms with E-state index in [1.165, 1.54) is 47.9 Å². The summed E-state index contributed by atoms with van der Waals surface area (Å²) in [6, 6.07) is 6.92. The zero-order valence-corrected chi connectivity index (χ0v) is 13.4. The first-order chi connectivity index (χ1) is 10.0. The van der Waals surface area contributed by atoms with Crippen molar-refractivity contribution in [3.63, 3.8) is 0 Å². The Morgan fingerprint density at radius 1 is 1.05 bits per heavy atom. The van der Waals surface area contributed by atoms with Crippen molar-refractivity contribution < 1.29 is 0 Å². The number of hydrogen-bond acceptors (Lipinski definition) is 1. The van der Waals surface area contributed by atoms with Crippen LogP contribution in [-0.2, 0) is 18.3 Å². The first-order valence-corrected chi connectivity index (χ1v) is 8.09. The third-order valence-electron chi connectivity index (χ3n) is 4.73. The number of nitriles is 1. The second-order valence-electron chi connectivity index (χ2n) is 7.25. The molecule has 2 heterocycles. The van der Waals surface area contributed by atoms with Crippen molar-refractivity contribution in [3.05, 3.63) is 40.7 Å². The number of nitrogens with zero attached hydrogens (tertiary/aromatic N) is 2. The molecule has 1 aliphatic rings. The van der Waals surface area contributed by atoms with Crippen molar-refractivity contribution in [1.82, 2.24) is 4.40 Å². The van der Waals surface area contributed by atoms with Crippen LogP contribution < -0.4 is 0 Å². The molecule has 21 heavy (non-hydrogen) atoms. The monoisotopic (exact) mass is 280 g/mol. The zero-order chi connectivity index (χ0) is 15.0. The van der Waals surface area contributed by atoms with Gasteiger partial charge in [-0.2, -0.15) is 5.26 Å². The molecule has 0 aliphatic heterocycles. The Labute approximate surface area is 127 Å². The zero-order valence-electron chi connectivity index (χ0n) is 13.4. The van der Waals surface area contributed by atoms with E-state index in [9.17, 15) is 5.26 Å². The molecule has 110 valence electrons. The van der Waals surface area contributed by atoms with Gasteiger partial charge in [0.05, 0.1) is 5.52 Å². The molecule has 0 amide bonds. The molecule has 0 atom stereocenters. The van der Waals surface area contributed by atoms with E-state index in [-0.39, 0.29) is 5.41 Å². The fourth-order valence-corrected chi connectivity index (χ4v) is 3.46. The Balaban J connectivity index is 2.26. The average molecular weight is 280 g/mol. The summed E-state index contributed by atoms with van der Waals surface area (Å²) in [5.74, 6) is 0. The van der Waals surface area contributed by atoms with Crippen molar-refractivity contribution in [2.45, 2.75) is 64.7 Å². The summed E-state index contributed by atoms with van der Waals surface area (Å²) in [5.41, 5.74) is 6.36. The minimum atomic E-state index is 0.146. The molecule has 0 N–H and O–H groups in total. The molecule has 0 fully saturated rings. The van der Waals surface area contributed by atoms with E-state index in [1.54, 1.807) is 0 Å². The molecule has 0 bridgehead atoms. The number of hydrogen-bond donors (Lipinski definition) is 0. The molecular formula is C19H24N2. The third-order valence-corrected chi connectivity index (χ3v) is 4.73. The highest BCUT2D eigenvalue weighted by Gasteiger charge is 2.21. The van der Waals surface area contributed by atoms with Crippen LogP contribution in [0.3, 0.4) is 0 Å². The molecule has 1 aliphatic carbocycles. The summed E-state index contributed by atoms with van der Waals surface area (Å²) in [7, 11) is 0. The summed E-state index contributed by atoms with van der Waals surface area (Å²) < 4.78 is 2.12. The van der Waals surface area contributed by atoms with Gasteiger partial charge in [0.2, 0.25) is 0 Å². The van der Waals surface area contributed by atoms with Crippen LogP contribution in [0.5, 0.6) is 0 Å². The Morgan fingerprint density at radius 2 is 1.71 bits per heavy atom. The van der Waals surface area contributed by atoms with Gasteiger partial charge in [-0.3, -0.25) is 0 Å². The lowest BCUT2D eigenvalue weighted by Crippen LogP contribution is -2.11. The van der Waals surface area contributed by atoms with Crippen LogP contribution in [0.1, 0.15) is 68.8 Å². The van der Waals surface area contributed by atoms with Gasteiger partial charge in [0.1, 0.15) is 11.8 Å². The maximum Gasteiger partial charge on any atom is 0.128 e. The largest absolute Gasteiger partial charge is 0.308 e. The Morgan fingerprint density at radius 3 is 2.33 bits per heavy atom. The molecule has 0 unspecified atom stereocenters. The van der Waals surface area contributed by atoms with Crippen LogP contribution in [0.15, 0.2) is 18.3 Å². The first kappa shape index (κ1) is 14.2. The van der Waals surface area contributed by atoms with Gasteiger partial charge in [0, 0.05) is 6.20 Å². The number of rotatable bonds is 0. The second kappa shape index (κ2) is 5.22. The second-order valence-corrected chi connectivity index (χ2v) is 7.25. The SMILES string of the molecule is CC(C)(C)c1ccn2c(C#N)c3c(c2c1)CCCCCC3. The molecule has 2 aromatic heterocycles. The molecule has 2 heteroatoms. The summed E-state index contributed by atoms with van der Waals surface area (Å²) in [4.78, 5) is 0. The number of aryl methyl sites for hydroxylation is 1. The number of pyridine rings is 1. The smallest absolute Gasteiger partial charge is 0.128 e. The summed E-state index contributed by atoms with van der Waals surface area (Å²) >= 11 is 0. The predicted octanol–water partition coefficient (Wildman–Crippen LogP) is 4.77. The van der Waals surface area contributed by atoms with E-state index < -0.39 is 0 Å². The molecule has 0 saturated heterocycles. The van der Waals surface area contributed by atoms with Gasteiger partial charge in [-0.1, -0.05) is 33.6 Å². The van der Waals surface area contributed by atoms with E-state index in [2.05, 4.69) is 49.6 Å². The van der Waals surface area contributed by atoms with Gasteiger partial charge in [0.25, 0.3) is 0 Å². The molecule has 2 nitrogen and oxygen atoms in total. The summed E-state index contributed by atoms with van der Waals surface area (Å²) in [5, 5.41) is 9.60. The lowest BCUT2D eigenvalue weighted by molar-refractivity contribution is 0.589. The van der Waals surface area contributed by atoms with Crippen molar-refractivity contribution >= 4 is 5.52 Å². The van der Waals surface area contributed by atoms with Gasteiger partial charge in [0.15, 0.2) is 0 Å². The first-order valence-electron chi connectivity index (χ1n) is 8.09. The van der Waals surface area contributed by atoms with Crippen molar-refractivity contribution in [2.24, 2.45) is 0 Å². The average Bonchev–Trinajstić information content (AvgIpc) is 2.69. The molecule has 0 saturated carbocycles. The summed E-state index contributed by atoms with van der Waals surface area (Å²) in [6.07, 6.45) is 9.35. The standard InChI is InChI=1S/C19H24N2/c1-19(2,3)14-10-11-21-17(12-14)15-8-6-4-5-7-9-16(15)18(21)13-20/h10-12H,4-9H2,1-3H3. The maximum atomic E-state index is 9.60. The summed E-state index contributed by atoms with van der Waals surface area (Å²) in [6.45, 7) is 6.74. The van der Waals surface area contributed by atoms with E-state index in [0.29, 0.717) is 0 Å². The van der Waals surface area contributed by atoms with E-state index in [0.717, 1.165) is 18.5 Å². The molecule has 2 aromatic rings. The van der Waals surface area contributed by atoms with Crippen LogP contribution in [0.25, 0.3) is 5.52 Å². The van der Waals surface area contributed by atoms with Crippen LogP contribution in [0.2, 0.25) is 0 Å². The lowest BCUT2D eigenvalue weighted by atomic mass is 9.87. The normalized spacial score (nSPS) is 16.1. The molecular weight excluding hydrogens is 256 g/mol. The maximum absolute atomic E-state index is 9.60. The lowest BCUT2D eigenvalue weighted by Gasteiger charge is -2.19. The van der Waals surface area contributed by atoms with Crippen molar-refractivity contribution in [2.75, 3.05) is 0 Å². The molecule has 0 aromatic carbocycles. The predicted molar refractivity (Wildman–Crippen MR) is 86.7 cm³/mol.